The molecule has 0 saturated carbocycles. The zero-order valence-corrected chi connectivity index (χ0v) is 17.3. The maximum absolute atomic E-state index is 13.2. The van der Waals surface area contributed by atoms with Gasteiger partial charge in [0.15, 0.2) is 0 Å². The van der Waals surface area contributed by atoms with E-state index < -0.39 is 41.8 Å². The fourth-order valence-electron chi connectivity index (χ4n) is 3.51. The third-order valence-corrected chi connectivity index (χ3v) is 5.41. The number of H-pyrrole nitrogens is 1. The predicted molar refractivity (Wildman–Crippen MR) is 107 cm³/mol. The first kappa shape index (κ1) is 23.3. The lowest BCUT2D eigenvalue weighted by Crippen LogP contribution is -2.57. The summed E-state index contributed by atoms with van der Waals surface area (Å²) in [5.74, 6) is -2.77. The summed E-state index contributed by atoms with van der Waals surface area (Å²) in [7, 11) is 0. The second-order valence-electron chi connectivity index (χ2n) is 7.50. The molecule has 0 aromatic carbocycles. The van der Waals surface area contributed by atoms with Gasteiger partial charge in [0.1, 0.15) is 18.1 Å². The normalized spacial score (nSPS) is 19.0. The summed E-state index contributed by atoms with van der Waals surface area (Å²) in [5.41, 5.74) is 6.02. The zero-order chi connectivity index (χ0) is 22.3. The SMILES string of the molecule is CCC(C)C(NC(=O)C1CCCN1C(=O)C(Cc1cnc[nH]1)NC(=O)CN)C(=O)O. The van der Waals surface area contributed by atoms with Crippen molar-refractivity contribution < 1.29 is 24.3 Å². The highest BCUT2D eigenvalue weighted by molar-refractivity contribution is 5.94. The number of amides is 3. The number of aromatic nitrogens is 2. The predicted octanol–water partition coefficient (Wildman–Crippen LogP) is -0.998. The van der Waals surface area contributed by atoms with Crippen molar-refractivity contribution in [3.8, 4) is 0 Å². The molecule has 1 fully saturated rings. The summed E-state index contributed by atoms with van der Waals surface area (Å²) in [6.45, 7) is 3.67. The summed E-state index contributed by atoms with van der Waals surface area (Å²) in [6, 6.07) is -2.74. The van der Waals surface area contributed by atoms with Crippen LogP contribution >= 0.6 is 0 Å². The molecule has 0 spiro atoms. The average Bonchev–Trinajstić information content (AvgIpc) is 3.41. The van der Waals surface area contributed by atoms with Crippen LogP contribution in [0.4, 0.5) is 0 Å². The Labute approximate surface area is 174 Å². The fourth-order valence-corrected chi connectivity index (χ4v) is 3.51. The number of carbonyl (C=O) groups excluding carboxylic acids is 3. The highest BCUT2D eigenvalue weighted by atomic mass is 16.4. The van der Waals surface area contributed by atoms with E-state index in [4.69, 9.17) is 5.73 Å². The van der Waals surface area contributed by atoms with Gasteiger partial charge >= 0.3 is 5.97 Å². The number of aliphatic carboxylic acids is 1. The molecule has 11 nitrogen and oxygen atoms in total. The summed E-state index contributed by atoms with van der Waals surface area (Å²) in [5, 5.41) is 14.6. The number of nitrogens with two attached hydrogens (primary N) is 1. The van der Waals surface area contributed by atoms with Crippen LogP contribution < -0.4 is 16.4 Å². The number of hydrogen-bond acceptors (Lipinski definition) is 6. The molecule has 0 aliphatic carbocycles. The first-order chi connectivity index (χ1) is 14.3. The molecular weight excluding hydrogens is 392 g/mol. The molecule has 1 saturated heterocycles. The molecule has 1 aromatic rings. The lowest BCUT2D eigenvalue weighted by molar-refractivity contribution is -0.146. The van der Waals surface area contributed by atoms with E-state index in [1.54, 1.807) is 13.1 Å². The van der Waals surface area contributed by atoms with Gasteiger partial charge in [-0.2, -0.15) is 0 Å². The van der Waals surface area contributed by atoms with E-state index in [0.717, 1.165) is 0 Å². The van der Waals surface area contributed by atoms with Crippen molar-refractivity contribution in [3.63, 3.8) is 0 Å². The molecule has 4 atom stereocenters. The lowest BCUT2D eigenvalue weighted by atomic mass is 9.98. The lowest BCUT2D eigenvalue weighted by Gasteiger charge is -2.30. The molecule has 2 heterocycles. The van der Waals surface area contributed by atoms with Crippen LogP contribution in [-0.4, -0.2) is 74.9 Å². The van der Waals surface area contributed by atoms with E-state index in [9.17, 15) is 24.3 Å². The van der Waals surface area contributed by atoms with E-state index in [1.807, 2.05) is 6.92 Å². The number of likely N-dealkylation sites (tertiary alicyclic amines) is 1. The molecule has 2 rings (SSSR count). The topological polar surface area (TPSA) is 171 Å². The standard InChI is InChI=1S/C19H30N6O5/c1-3-11(2)16(19(29)30)24-17(27)14-5-4-6-25(14)18(28)13(23-15(26)8-20)7-12-9-21-10-22-12/h9-11,13-14,16H,3-8,20H2,1-2H3,(H,21,22)(H,23,26)(H,24,27)(H,29,30). The number of carboxylic acid groups (broad SMARTS) is 1. The molecule has 1 aromatic heterocycles. The molecule has 3 amide bonds. The Balaban J connectivity index is 2.15. The van der Waals surface area contributed by atoms with E-state index >= 15 is 0 Å². The average molecular weight is 422 g/mol. The molecule has 166 valence electrons. The Morgan fingerprint density at radius 2 is 2.10 bits per heavy atom. The number of nitrogens with zero attached hydrogens (tertiary/aromatic N) is 2. The summed E-state index contributed by atoms with van der Waals surface area (Å²) >= 11 is 0. The largest absolute Gasteiger partial charge is 0.480 e. The summed E-state index contributed by atoms with van der Waals surface area (Å²) in [6.07, 6.45) is 4.79. The van der Waals surface area contributed by atoms with E-state index in [-0.39, 0.29) is 18.9 Å². The number of aromatic amines is 1. The molecule has 1 aliphatic rings. The maximum atomic E-state index is 13.2. The van der Waals surface area contributed by atoms with Crippen molar-refractivity contribution in [1.82, 2.24) is 25.5 Å². The fraction of sp³-hybridized carbons (Fsp3) is 0.632. The number of nitrogens with one attached hydrogen (secondary N) is 3. The van der Waals surface area contributed by atoms with Gasteiger partial charge in [0.2, 0.25) is 17.7 Å². The van der Waals surface area contributed by atoms with Crippen molar-refractivity contribution in [3.05, 3.63) is 18.2 Å². The first-order valence-electron chi connectivity index (χ1n) is 10.1. The van der Waals surface area contributed by atoms with Crippen LogP contribution in [0, 0.1) is 5.92 Å². The molecule has 6 N–H and O–H groups in total. The van der Waals surface area contributed by atoms with Gasteiger partial charge in [0, 0.05) is 24.9 Å². The zero-order valence-electron chi connectivity index (χ0n) is 17.3. The minimum absolute atomic E-state index is 0.167. The minimum atomic E-state index is -1.11. The number of carbonyl (C=O) groups is 4. The van der Waals surface area contributed by atoms with Gasteiger partial charge in [-0.05, 0) is 18.8 Å². The monoisotopic (exact) mass is 422 g/mol. The Morgan fingerprint density at radius 3 is 2.67 bits per heavy atom. The van der Waals surface area contributed by atoms with Crippen LogP contribution in [0.1, 0.15) is 38.8 Å². The molecule has 4 unspecified atom stereocenters. The van der Waals surface area contributed by atoms with Gasteiger partial charge in [-0.1, -0.05) is 20.3 Å². The van der Waals surface area contributed by atoms with Crippen molar-refractivity contribution in [2.75, 3.05) is 13.1 Å². The number of hydrogen-bond donors (Lipinski definition) is 5. The second kappa shape index (κ2) is 10.7. The van der Waals surface area contributed by atoms with E-state index in [2.05, 4.69) is 20.6 Å². The van der Waals surface area contributed by atoms with Gasteiger partial charge in [0.05, 0.1) is 12.9 Å². The summed E-state index contributed by atoms with van der Waals surface area (Å²) in [4.78, 5) is 57.6. The maximum Gasteiger partial charge on any atom is 0.326 e. The Morgan fingerprint density at radius 1 is 1.37 bits per heavy atom. The Bertz CT molecular complexity index is 753. The van der Waals surface area contributed by atoms with E-state index in [0.29, 0.717) is 31.5 Å². The minimum Gasteiger partial charge on any atom is -0.480 e. The third-order valence-electron chi connectivity index (χ3n) is 5.41. The van der Waals surface area contributed by atoms with Gasteiger partial charge < -0.3 is 31.4 Å². The molecule has 1 aliphatic heterocycles. The van der Waals surface area contributed by atoms with Crippen LogP contribution in [0.3, 0.4) is 0 Å². The number of carboxylic acids is 1. The van der Waals surface area contributed by atoms with Crippen LogP contribution in [-0.2, 0) is 25.6 Å². The van der Waals surface area contributed by atoms with Crippen LogP contribution in [0.5, 0.6) is 0 Å². The molecule has 0 bridgehead atoms. The van der Waals surface area contributed by atoms with Crippen molar-refractivity contribution in [2.24, 2.45) is 11.7 Å². The second-order valence-corrected chi connectivity index (χ2v) is 7.50. The molecule has 30 heavy (non-hydrogen) atoms. The quantitative estimate of drug-likeness (QED) is 0.322. The van der Waals surface area contributed by atoms with Gasteiger partial charge in [0.25, 0.3) is 0 Å². The number of rotatable bonds is 10. The highest BCUT2D eigenvalue weighted by Gasteiger charge is 2.39. The van der Waals surface area contributed by atoms with Crippen molar-refractivity contribution in [2.45, 2.75) is 57.7 Å². The Kier molecular flexibility index (Phi) is 8.34. The number of imidazole rings is 1. The molecule has 11 heteroatoms. The Hall–Kier alpha value is -2.95. The van der Waals surface area contributed by atoms with E-state index in [1.165, 1.54) is 11.2 Å². The third kappa shape index (κ3) is 5.78. The van der Waals surface area contributed by atoms with Crippen LogP contribution in [0.25, 0.3) is 0 Å². The van der Waals surface area contributed by atoms with Crippen LogP contribution in [0.15, 0.2) is 12.5 Å². The van der Waals surface area contributed by atoms with Crippen molar-refractivity contribution >= 4 is 23.7 Å². The molecular formula is C19H30N6O5. The highest BCUT2D eigenvalue weighted by Crippen LogP contribution is 2.20. The van der Waals surface area contributed by atoms with Crippen molar-refractivity contribution in [1.29, 1.82) is 0 Å². The molecule has 0 radical (unpaired) electrons. The van der Waals surface area contributed by atoms with Gasteiger partial charge in [-0.15, -0.1) is 0 Å². The van der Waals surface area contributed by atoms with Gasteiger partial charge in [-0.3, -0.25) is 14.4 Å². The first-order valence-corrected chi connectivity index (χ1v) is 10.1. The van der Waals surface area contributed by atoms with Crippen LogP contribution in [0.2, 0.25) is 0 Å². The van der Waals surface area contributed by atoms with Gasteiger partial charge in [-0.25, -0.2) is 9.78 Å². The smallest absolute Gasteiger partial charge is 0.326 e. The summed E-state index contributed by atoms with van der Waals surface area (Å²) < 4.78 is 0.